The summed E-state index contributed by atoms with van der Waals surface area (Å²) in [4.78, 5) is 12.2. The van der Waals surface area contributed by atoms with Crippen LogP contribution < -0.4 is 14.8 Å². The Hall–Kier alpha value is -2.49. The summed E-state index contributed by atoms with van der Waals surface area (Å²) in [5.41, 5.74) is 1.10. The molecule has 0 aromatic heterocycles. The molecular formula is C19H23NO3. The number of methoxy groups -OCH3 is 1. The van der Waals surface area contributed by atoms with E-state index in [0.717, 1.165) is 11.3 Å². The van der Waals surface area contributed by atoms with Crippen LogP contribution in [0.15, 0.2) is 54.6 Å². The number of carbonyl (C=O) groups excluding carboxylic acids is 1. The average molecular weight is 313 g/mol. The second-order valence-electron chi connectivity index (χ2n) is 5.66. The molecule has 0 radical (unpaired) electrons. The van der Waals surface area contributed by atoms with Gasteiger partial charge in [0.25, 0.3) is 5.91 Å². The number of carbonyl (C=O) groups is 1. The molecule has 1 atom stereocenters. The van der Waals surface area contributed by atoms with Crippen LogP contribution in [0.25, 0.3) is 0 Å². The number of ether oxygens (including phenoxy) is 2. The molecule has 0 unspecified atom stereocenters. The van der Waals surface area contributed by atoms with Gasteiger partial charge < -0.3 is 14.8 Å². The van der Waals surface area contributed by atoms with Crippen LogP contribution >= 0.6 is 0 Å². The first-order valence-electron chi connectivity index (χ1n) is 7.71. The lowest BCUT2D eigenvalue weighted by atomic mass is 9.96. The third kappa shape index (κ3) is 5.02. The molecule has 0 spiro atoms. The number of hydrogen-bond acceptors (Lipinski definition) is 3. The van der Waals surface area contributed by atoms with Gasteiger partial charge in [0.1, 0.15) is 11.5 Å². The Morgan fingerprint density at radius 3 is 2.17 bits per heavy atom. The van der Waals surface area contributed by atoms with E-state index in [9.17, 15) is 4.79 Å². The molecule has 0 saturated heterocycles. The molecule has 0 bridgehead atoms. The van der Waals surface area contributed by atoms with Crippen LogP contribution in [-0.4, -0.2) is 19.6 Å². The summed E-state index contributed by atoms with van der Waals surface area (Å²) in [6.07, 6.45) is 0. The fourth-order valence-corrected chi connectivity index (χ4v) is 2.33. The lowest BCUT2D eigenvalue weighted by molar-refractivity contribution is -0.124. The van der Waals surface area contributed by atoms with Gasteiger partial charge in [-0.05, 0) is 35.7 Å². The SMILES string of the molecule is COc1ccc(OCC(=O)N[C@@H](c2ccccc2)C(C)C)cc1. The molecule has 1 N–H and O–H groups in total. The van der Waals surface area contributed by atoms with E-state index < -0.39 is 0 Å². The molecule has 4 nitrogen and oxygen atoms in total. The maximum atomic E-state index is 12.2. The minimum atomic E-state index is -0.136. The average Bonchev–Trinajstić information content (AvgIpc) is 2.58. The Morgan fingerprint density at radius 1 is 1.00 bits per heavy atom. The van der Waals surface area contributed by atoms with E-state index in [2.05, 4.69) is 19.2 Å². The summed E-state index contributed by atoms with van der Waals surface area (Å²) < 4.78 is 10.6. The Bertz CT molecular complexity index is 608. The fourth-order valence-electron chi connectivity index (χ4n) is 2.33. The van der Waals surface area contributed by atoms with E-state index in [1.807, 2.05) is 30.3 Å². The molecule has 2 rings (SSSR count). The smallest absolute Gasteiger partial charge is 0.258 e. The first kappa shape index (κ1) is 16.9. The third-order valence-electron chi connectivity index (χ3n) is 3.57. The van der Waals surface area contributed by atoms with Crippen molar-refractivity contribution < 1.29 is 14.3 Å². The molecule has 23 heavy (non-hydrogen) atoms. The number of hydrogen-bond donors (Lipinski definition) is 1. The second kappa shape index (κ2) is 8.22. The molecule has 0 heterocycles. The van der Waals surface area contributed by atoms with E-state index >= 15 is 0 Å². The largest absolute Gasteiger partial charge is 0.497 e. The third-order valence-corrected chi connectivity index (χ3v) is 3.57. The van der Waals surface area contributed by atoms with Crippen molar-refractivity contribution in [3.63, 3.8) is 0 Å². The van der Waals surface area contributed by atoms with Gasteiger partial charge in [-0.2, -0.15) is 0 Å². The Labute approximate surface area is 137 Å². The first-order chi connectivity index (χ1) is 11.1. The fraction of sp³-hybridized carbons (Fsp3) is 0.316. The van der Waals surface area contributed by atoms with Gasteiger partial charge in [-0.3, -0.25) is 4.79 Å². The Kier molecular flexibility index (Phi) is 6.03. The van der Waals surface area contributed by atoms with E-state index in [1.54, 1.807) is 31.4 Å². The van der Waals surface area contributed by atoms with Crippen LogP contribution in [0.5, 0.6) is 11.5 Å². The Morgan fingerprint density at radius 2 is 1.61 bits per heavy atom. The van der Waals surface area contributed by atoms with Crippen LogP contribution in [0.4, 0.5) is 0 Å². The first-order valence-corrected chi connectivity index (χ1v) is 7.71. The summed E-state index contributed by atoms with van der Waals surface area (Å²) in [5, 5.41) is 3.04. The normalized spacial score (nSPS) is 11.8. The van der Waals surface area contributed by atoms with Crippen molar-refractivity contribution in [1.82, 2.24) is 5.32 Å². The quantitative estimate of drug-likeness (QED) is 0.850. The van der Waals surface area contributed by atoms with Crippen LogP contribution in [0, 0.1) is 5.92 Å². The standard InChI is InChI=1S/C19H23NO3/c1-14(2)19(15-7-5-4-6-8-15)20-18(21)13-23-17-11-9-16(22-3)10-12-17/h4-12,14,19H,13H2,1-3H3,(H,20,21)/t19-/m1/s1. The molecule has 122 valence electrons. The number of amides is 1. The monoisotopic (exact) mass is 313 g/mol. The lowest BCUT2D eigenvalue weighted by Crippen LogP contribution is -2.35. The minimum Gasteiger partial charge on any atom is -0.497 e. The topological polar surface area (TPSA) is 47.6 Å². The van der Waals surface area contributed by atoms with Crippen molar-refractivity contribution in [2.24, 2.45) is 5.92 Å². The molecule has 0 aliphatic carbocycles. The van der Waals surface area contributed by atoms with Gasteiger partial charge in [0.15, 0.2) is 6.61 Å². The van der Waals surface area contributed by atoms with Crippen molar-refractivity contribution in [3.05, 3.63) is 60.2 Å². The number of rotatable bonds is 7. The summed E-state index contributed by atoms with van der Waals surface area (Å²) in [7, 11) is 1.61. The molecule has 2 aromatic carbocycles. The van der Waals surface area contributed by atoms with E-state index in [0.29, 0.717) is 11.7 Å². The Balaban J connectivity index is 1.91. The summed E-state index contributed by atoms with van der Waals surface area (Å²) >= 11 is 0. The zero-order valence-corrected chi connectivity index (χ0v) is 13.8. The molecule has 0 aliphatic rings. The maximum absolute atomic E-state index is 12.2. The van der Waals surface area contributed by atoms with Crippen molar-refractivity contribution in [1.29, 1.82) is 0 Å². The van der Waals surface area contributed by atoms with Gasteiger partial charge in [-0.1, -0.05) is 44.2 Å². The predicted molar refractivity (Wildman–Crippen MR) is 90.7 cm³/mol. The van der Waals surface area contributed by atoms with Crippen LogP contribution in [-0.2, 0) is 4.79 Å². The van der Waals surface area contributed by atoms with Crippen molar-refractivity contribution >= 4 is 5.91 Å². The summed E-state index contributed by atoms with van der Waals surface area (Å²) in [6, 6.07) is 17.1. The lowest BCUT2D eigenvalue weighted by Gasteiger charge is -2.23. The molecule has 1 amide bonds. The van der Waals surface area contributed by atoms with Gasteiger partial charge >= 0.3 is 0 Å². The van der Waals surface area contributed by atoms with Gasteiger partial charge in [0, 0.05) is 0 Å². The highest BCUT2D eigenvalue weighted by Crippen LogP contribution is 2.21. The van der Waals surface area contributed by atoms with E-state index in [1.165, 1.54) is 0 Å². The molecule has 2 aromatic rings. The zero-order chi connectivity index (χ0) is 16.7. The highest BCUT2D eigenvalue weighted by molar-refractivity contribution is 5.78. The molecule has 0 aliphatic heterocycles. The number of benzene rings is 2. The van der Waals surface area contributed by atoms with E-state index in [-0.39, 0.29) is 18.6 Å². The molecule has 4 heteroatoms. The zero-order valence-electron chi connectivity index (χ0n) is 13.8. The van der Waals surface area contributed by atoms with Gasteiger partial charge in [0.05, 0.1) is 13.2 Å². The molecule has 0 saturated carbocycles. The second-order valence-corrected chi connectivity index (χ2v) is 5.66. The van der Waals surface area contributed by atoms with Crippen molar-refractivity contribution in [3.8, 4) is 11.5 Å². The highest BCUT2D eigenvalue weighted by atomic mass is 16.5. The van der Waals surface area contributed by atoms with Crippen molar-refractivity contribution in [2.45, 2.75) is 19.9 Å². The van der Waals surface area contributed by atoms with Gasteiger partial charge in [-0.25, -0.2) is 0 Å². The van der Waals surface area contributed by atoms with Crippen LogP contribution in [0.1, 0.15) is 25.5 Å². The highest BCUT2D eigenvalue weighted by Gasteiger charge is 2.18. The van der Waals surface area contributed by atoms with Gasteiger partial charge in [0.2, 0.25) is 0 Å². The van der Waals surface area contributed by atoms with Crippen LogP contribution in [0.3, 0.4) is 0 Å². The number of nitrogens with one attached hydrogen (secondary N) is 1. The molecule has 0 fully saturated rings. The summed E-state index contributed by atoms with van der Waals surface area (Å²) in [6.45, 7) is 4.16. The predicted octanol–water partition coefficient (Wildman–Crippen LogP) is 3.59. The van der Waals surface area contributed by atoms with Gasteiger partial charge in [-0.15, -0.1) is 0 Å². The molecular weight excluding hydrogens is 290 g/mol. The van der Waals surface area contributed by atoms with E-state index in [4.69, 9.17) is 9.47 Å². The van der Waals surface area contributed by atoms with Crippen molar-refractivity contribution in [2.75, 3.05) is 13.7 Å². The minimum absolute atomic E-state index is 0.0115. The maximum Gasteiger partial charge on any atom is 0.258 e. The van der Waals surface area contributed by atoms with Crippen LogP contribution in [0.2, 0.25) is 0 Å². The summed E-state index contributed by atoms with van der Waals surface area (Å²) in [5.74, 6) is 1.55.